The van der Waals surface area contributed by atoms with Crippen LogP contribution in [0.1, 0.15) is 57.1 Å². The molecule has 0 saturated heterocycles. The minimum atomic E-state index is -0.496. The molecule has 0 aliphatic carbocycles. The summed E-state index contributed by atoms with van der Waals surface area (Å²) in [6.07, 6.45) is -0.0436. The van der Waals surface area contributed by atoms with Crippen molar-refractivity contribution < 1.29 is 9.90 Å². The van der Waals surface area contributed by atoms with Gasteiger partial charge < -0.3 is 10.4 Å². The van der Waals surface area contributed by atoms with E-state index in [-0.39, 0.29) is 11.8 Å². The minimum Gasteiger partial charge on any atom is -0.392 e. The Morgan fingerprint density at radius 2 is 1.63 bits per heavy atom. The van der Waals surface area contributed by atoms with Gasteiger partial charge in [0, 0.05) is 13.0 Å². The van der Waals surface area contributed by atoms with Gasteiger partial charge in [-0.3, -0.25) is 4.79 Å². The third-order valence-corrected chi connectivity index (χ3v) is 3.26. The Balaban J connectivity index is 2.53. The zero-order valence-corrected chi connectivity index (χ0v) is 12.3. The molecule has 1 amide bonds. The van der Waals surface area contributed by atoms with Crippen molar-refractivity contribution in [3.63, 3.8) is 0 Å². The third kappa shape index (κ3) is 5.43. The second-order valence-corrected chi connectivity index (χ2v) is 5.58. The van der Waals surface area contributed by atoms with E-state index in [0.717, 1.165) is 0 Å². The van der Waals surface area contributed by atoms with Crippen LogP contribution in [0, 0.1) is 0 Å². The topological polar surface area (TPSA) is 49.3 Å². The van der Waals surface area contributed by atoms with Crippen LogP contribution >= 0.6 is 0 Å². The van der Waals surface area contributed by atoms with Crippen molar-refractivity contribution >= 4 is 5.91 Å². The van der Waals surface area contributed by atoms with Crippen LogP contribution in [0.4, 0.5) is 0 Å². The summed E-state index contributed by atoms with van der Waals surface area (Å²) in [5, 5.41) is 11.8. The largest absolute Gasteiger partial charge is 0.392 e. The van der Waals surface area contributed by atoms with E-state index in [0.29, 0.717) is 18.9 Å². The van der Waals surface area contributed by atoms with Gasteiger partial charge in [-0.25, -0.2) is 0 Å². The molecule has 1 aromatic rings. The first-order chi connectivity index (χ1) is 8.90. The Labute approximate surface area is 116 Å². The van der Waals surface area contributed by atoms with Gasteiger partial charge in [-0.1, -0.05) is 45.0 Å². The van der Waals surface area contributed by atoms with Crippen LogP contribution in [0.25, 0.3) is 0 Å². The normalized spacial score (nSPS) is 14.2. The summed E-state index contributed by atoms with van der Waals surface area (Å²) in [6, 6.07) is 8.46. The monoisotopic (exact) mass is 263 g/mol. The molecule has 2 unspecified atom stereocenters. The summed E-state index contributed by atoms with van der Waals surface area (Å²) >= 11 is 0. The van der Waals surface area contributed by atoms with E-state index in [1.165, 1.54) is 11.1 Å². The van der Waals surface area contributed by atoms with Crippen LogP contribution in [0.15, 0.2) is 24.3 Å². The molecule has 19 heavy (non-hydrogen) atoms. The lowest BCUT2D eigenvalue weighted by molar-refractivity contribution is -0.121. The van der Waals surface area contributed by atoms with Gasteiger partial charge in [-0.05, 0) is 29.9 Å². The molecule has 0 saturated carbocycles. The molecule has 3 heteroatoms. The summed E-state index contributed by atoms with van der Waals surface area (Å²) in [4.78, 5) is 11.7. The molecule has 1 rings (SSSR count). The highest BCUT2D eigenvalue weighted by Crippen LogP contribution is 2.22. The van der Waals surface area contributed by atoms with Crippen LogP contribution < -0.4 is 5.32 Å². The lowest BCUT2D eigenvalue weighted by Crippen LogP contribution is -2.31. The van der Waals surface area contributed by atoms with Crippen LogP contribution in [0.3, 0.4) is 0 Å². The van der Waals surface area contributed by atoms with E-state index in [4.69, 9.17) is 5.11 Å². The predicted molar refractivity (Wildman–Crippen MR) is 78.3 cm³/mol. The van der Waals surface area contributed by atoms with Gasteiger partial charge in [-0.2, -0.15) is 0 Å². The average Bonchev–Trinajstić information content (AvgIpc) is 2.36. The highest BCUT2D eigenvalue weighted by molar-refractivity contribution is 5.76. The molecule has 3 nitrogen and oxygen atoms in total. The van der Waals surface area contributed by atoms with E-state index >= 15 is 0 Å². The molecule has 0 aromatic heterocycles. The molecule has 1 aromatic carbocycles. The molecule has 0 aliphatic heterocycles. The third-order valence-electron chi connectivity index (χ3n) is 3.26. The number of carbonyl (C=O) groups is 1. The smallest absolute Gasteiger partial charge is 0.220 e. The Morgan fingerprint density at radius 1 is 1.11 bits per heavy atom. The van der Waals surface area contributed by atoms with Crippen molar-refractivity contribution in [3.8, 4) is 0 Å². The molecule has 0 spiro atoms. The molecule has 2 N–H and O–H groups in total. The van der Waals surface area contributed by atoms with Gasteiger partial charge in [0.25, 0.3) is 0 Å². The minimum absolute atomic E-state index is 0.0127. The Bertz CT molecular complexity index is 396. The van der Waals surface area contributed by atoms with Crippen molar-refractivity contribution in [2.75, 3.05) is 6.54 Å². The second kappa shape index (κ2) is 7.29. The molecule has 2 atom stereocenters. The molecule has 0 bridgehead atoms. The summed E-state index contributed by atoms with van der Waals surface area (Å²) in [5.41, 5.74) is 2.49. The number of amides is 1. The van der Waals surface area contributed by atoms with Crippen molar-refractivity contribution in [2.45, 2.75) is 52.1 Å². The van der Waals surface area contributed by atoms with Gasteiger partial charge in [0.05, 0.1) is 6.10 Å². The number of hydrogen-bond donors (Lipinski definition) is 2. The molecule has 0 fully saturated rings. The van der Waals surface area contributed by atoms with E-state index in [1.807, 2.05) is 6.92 Å². The van der Waals surface area contributed by atoms with Crippen molar-refractivity contribution in [1.82, 2.24) is 5.32 Å². The average molecular weight is 263 g/mol. The number of carbonyl (C=O) groups excluding carboxylic acids is 1. The second-order valence-electron chi connectivity index (χ2n) is 5.58. The number of hydrogen-bond acceptors (Lipinski definition) is 2. The molecular weight excluding hydrogens is 238 g/mol. The van der Waals surface area contributed by atoms with Crippen LogP contribution in [-0.2, 0) is 4.79 Å². The van der Waals surface area contributed by atoms with Gasteiger partial charge in [-0.15, -0.1) is 0 Å². The van der Waals surface area contributed by atoms with E-state index in [9.17, 15) is 4.79 Å². The maximum atomic E-state index is 11.7. The van der Waals surface area contributed by atoms with Crippen LogP contribution in [0.2, 0.25) is 0 Å². The van der Waals surface area contributed by atoms with Crippen molar-refractivity contribution in [3.05, 3.63) is 35.4 Å². The first-order valence-corrected chi connectivity index (χ1v) is 6.94. The van der Waals surface area contributed by atoms with E-state index < -0.39 is 6.10 Å². The fourth-order valence-electron chi connectivity index (χ4n) is 1.94. The summed E-state index contributed by atoms with van der Waals surface area (Å²) in [5.74, 6) is 0.704. The lowest BCUT2D eigenvalue weighted by atomic mass is 9.94. The lowest BCUT2D eigenvalue weighted by Gasteiger charge is -2.14. The van der Waals surface area contributed by atoms with E-state index in [2.05, 4.69) is 43.4 Å². The molecule has 0 heterocycles. The Hall–Kier alpha value is -1.35. The zero-order valence-electron chi connectivity index (χ0n) is 12.3. The fourth-order valence-corrected chi connectivity index (χ4v) is 1.94. The summed E-state index contributed by atoms with van der Waals surface area (Å²) in [7, 11) is 0. The maximum Gasteiger partial charge on any atom is 0.220 e. The van der Waals surface area contributed by atoms with E-state index in [1.54, 1.807) is 6.92 Å². The van der Waals surface area contributed by atoms with Gasteiger partial charge >= 0.3 is 0 Å². The van der Waals surface area contributed by atoms with Crippen molar-refractivity contribution in [2.24, 2.45) is 0 Å². The van der Waals surface area contributed by atoms with Crippen LogP contribution in [0.5, 0.6) is 0 Å². The van der Waals surface area contributed by atoms with Gasteiger partial charge in [0.2, 0.25) is 5.91 Å². The number of nitrogens with one attached hydrogen (secondary N) is 1. The van der Waals surface area contributed by atoms with Gasteiger partial charge in [0.15, 0.2) is 0 Å². The summed E-state index contributed by atoms with van der Waals surface area (Å²) < 4.78 is 0. The maximum absolute atomic E-state index is 11.7. The Morgan fingerprint density at radius 3 is 2.11 bits per heavy atom. The number of benzene rings is 1. The van der Waals surface area contributed by atoms with Crippen molar-refractivity contribution in [1.29, 1.82) is 0 Å². The Kier molecular flexibility index (Phi) is 6.03. The molecular formula is C16H25NO2. The number of aliphatic hydroxyl groups is 1. The number of rotatable bonds is 6. The fraction of sp³-hybridized carbons (Fsp3) is 0.562. The first-order valence-electron chi connectivity index (χ1n) is 6.94. The van der Waals surface area contributed by atoms with Crippen LogP contribution in [-0.4, -0.2) is 23.7 Å². The summed E-state index contributed by atoms with van der Waals surface area (Å²) in [6.45, 7) is 8.36. The predicted octanol–water partition coefficient (Wildman–Crippen LogP) is 2.80. The first kappa shape index (κ1) is 15.7. The quantitative estimate of drug-likeness (QED) is 0.829. The van der Waals surface area contributed by atoms with Gasteiger partial charge in [0.1, 0.15) is 0 Å². The molecule has 106 valence electrons. The highest BCUT2D eigenvalue weighted by Gasteiger charge is 2.12. The highest BCUT2D eigenvalue weighted by atomic mass is 16.3. The zero-order chi connectivity index (χ0) is 14.4. The SMILES string of the molecule is CC(O)CNC(=O)CC(C)c1ccc(C(C)C)cc1. The molecule has 0 aliphatic rings. The molecule has 0 radical (unpaired) electrons. The standard InChI is InChI=1S/C16H25NO2/c1-11(2)14-5-7-15(8-6-14)12(3)9-16(19)17-10-13(4)18/h5-8,11-13,18H,9-10H2,1-4H3,(H,17,19). The number of aliphatic hydroxyl groups excluding tert-OH is 1.